The van der Waals surface area contributed by atoms with Crippen molar-refractivity contribution in [1.82, 2.24) is 9.97 Å². The summed E-state index contributed by atoms with van der Waals surface area (Å²) in [6.45, 7) is 6.94. The second kappa shape index (κ2) is 7.62. The number of benzene rings is 1. The molecule has 21 heavy (non-hydrogen) atoms. The predicted octanol–water partition coefficient (Wildman–Crippen LogP) is 4.35. The molecule has 0 bridgehead atoms. The Balaban J connectivity index is 2.07. The number of ether oxygens (including phenoxy) is 1. The van der Waals surface area contributed by atoms with Crippen LogP contribution in [0.1, 0.15) is 37.9 Å². The Bertz CT molecular complexity index is 567. The summed E-state index contributed by atoms with van der Waals surface area (Å²) in [7, 11) is 0. The van der Waals surface area contributed by atoms with E-state index in [9.17, 15) is 0 Å². The molecule has 0 fully saturated rings. The maximum Gasteiger partial charge on any atom is 0.226 e. The summed E-state index contributed by atoms with van der Waals surface area (Å²) < 4.78 is 5.81. The quantitative estimate of drug-likeness (QED) is 0.821. The zero-order valence-electron chi connectivity index (χ0n) is 13.0. The van der Waals surface area contributed by atoms with Crippen molar-refractivity contribution >= 4 is 5.95 Å². The Morgan fingerprint density at radius 3 is 2.52 bits per heavy atom. The average Bonchev–Trinajstić information content (AvgIpc) is 2.46. The second-order valence-corrected chi connectivity index (χ2v) is 5.05. The van der Waals surface area contributed by atoms with E-state index in [2.05, 4.69) is 34.3 Å². The highest BCUT2D eigenvalue weighted by Gasteiger charge is 2.04. The molecular weight excluding hydrogens is 262 g/mol. The van der Waals surface area contributed by atoms with Crippen molar-refractivity contribution in [2.24, 2.45) is 0 Å². The highest BCUT2D eigenvalue weighted by atomic mass is 16.5. The Hall–Kier alpha value is -2.10. The van der Waals surface area contributed by atoms with E-state index in [1.54, 1.807) is 0 Å². The summed E-state index contributed by atoms with van der Waals surface area (Å²) >= 11 is 0. The van der Waals surface area contributed by atoms with E-state index in [0.717, 1.165) is 24.4 Å². The molecular formula is C17H23N3O. The fourth-order valence-corrected chi connectivity index (χ4v) is 2.05. The summed E-state index contributed by atoms with van der Waals surface area (Å²) in [4.78, 5) is 8.66. The minimum atomic E-state index is 0.569. The van der Waals surface area contributed by atoms with Crippen LogP contribution in [0.5, 0.6) is 11.6 Å². The zero-order chi connectivity index (χ0) is 15.1. The SMILES string of the molecule is CCCCc1ccc(Oc2cc(C)nc(NCC)n2)cc1. The molecule has 0 saturated carbocycles. The molecule has 0 aliphatic carbocycles. The summed E-state index contributed by atoms with van der Waals surface area (Å²) in [5.74, 6) is 1.97. The van der Waals surface area contributed by atoms with Gasteiger partial charge in [-0.25, -0.2) is 4.98 Å². The van der Waals surface area contributed by atoms with Crippen molar-refractivity contribution in [1.29, 1.82) is 0 Å². The largest absolute Gasteiger partial charge is 0.439 e. The fraction of sp³-hybridized carbons (Fsp3) is 0.412. The standard InChI is InChI=1S/C17H23N3O/c1-4-6-7-14-8-10-15(11-9-14)21-16-12-13(3)19-17(20-16)18-5-2/h8-12H,4-7H2,1-3H3,(H,18,19,20). The normalized spacial score (nSPS) is 10.4. The van der Waals surface area contributed by atoms with Crippen LogP contribution >= 0.6 is 0 Å². The van der Waals surface area contributed by atoms with Gasteiger partial charge in [0.2, 0.25) is 11.8 Å². The smallest absolute Gasteiger partial charge is 0.226 e. The lowest BCUT2D eigenvalue weighted by atomic mass is 10.1. The van der Waals surface area contributed by atoms with Gasteiger partial charge in [0.15, 0.2) is 0 Å². The van der Waals surface area contributed by atoms with E-state index in [4.69, 9.17) is 4.74 Å². The van der Waals surface area contributed by atoms with Gasteiger partial charge in [-0.15, -0.1) is 0 Å². The molecule has 0 atom stereocenters. The van der Waals surface area contributed by atoms with Crippen LogP contribution in [-0.2, 0) is 6.42 Å². The summed E-state index contributed by atoms with van der Waals surface area (Å²) in [6.07, 6.45) is 3.55. The molecule has 2 rings (SSSR count). The Morgan fingerprint density at radius 1 is 1.10 bits per heavy atom. The van der Waals surface area contributed by atoms with Gasteiger partial charge in [0.05, 0.1) is 0 Å². The first-order valence-electron chi connectivity index (χ1n) is 7.57. The van der Waals surface area contributed by atoms with Gasteiger partial charge in [-0.2, -0.15) is 4.98 Å². The van der Waals surface area contributed by atoms with Crippen LogP contribution in [0.15, 0.2) is 30.3 Å². The van der Waals surface area contributed by atoms with Crippen molar-refractivity contribution in [2.45, 2.75) is 40.0 Å². The predicted molar refractivity (Wildman–Crippen MR) is 86.1 cm³/mol. The van der Waals surface area contributed by atoms with E-state index < -0.39 is 0 Å². The number of nitrogens with one attached hydrogen (secondary N) is 1. The molecule has 0 spiro atoms. The van der Waals surface area contributed by atoms with E-state index >= 15 is 0 Å². The molecule has 0 aliphatic heterocycles. The molecule has 1 aromatic heterocycles. The van der Waals surface area contributed by atoms with Gasteiger partial charge in [0, 0.05) is 18.3 Å². The van der Waals surface area contributed by atoms with Crippen molar-refractivity contribution < 1.29 is 4.74 Å². The number of anilines is 1. The van der Waals surface area contributed by atoms with Crippen LogP contribution in [0.3, 0.4) is 0 Å². The van der Waals surface area contributed by atoms with Crippen molar-refractivity contribution in [3.05, 3.63) is 41.6 Å². The topological polar surface area (TPSA) is 47.0 Å². The van der Waals surface area contributed by atoms with Gasteiger partial charge in [-0.3, -0.25) is 0 Å². The van der Waals surface area contributed by atoms with Crippen LogP contribution in [-0.4, -0.2) is 16.5 Å². The van der Waals surface area contributed by atoms with E-state index in [0.29, 0.717) is 11.8 Å². The van der Waals surface area contributed by atoms with E-state index in [1.165, 1.54) is 18.4 Å². The summed E-state index contributed by atoms with van der Waals surface area (Å²) in [5.41, 5.74) is 2.23. The lowest BCUT2D eigenvalue weighted by molar-refractivity contribution is 0.461. The van der Waals surface area contributed by atoms with Crippen LogP contribution in [0.4, 0.5) is 5.95 Å². The lowest BCUT2D eigenvalue weighted by Crippen LogP contribution is -2.03. The van der Waals surface area contributed by atoms with Crippen LogP contribution in [0, 0.1) is 6.92 Å². The first-order valence-corrected chi connectivity index (χ1v) is 7.57. The molecule has 1 N–H and O–H groups in total. The van der Waals surface area contributed by atoms with Gasteiger partial charge in [0.25, 0.3) is 0 Å². The van der Waals surface area contributed by atoms with Crippen LogP contribution < -0.4 is 10.1 Å². The Labute approximate surface area is 126 Å². The number of aromatic nitrogens is 2. The highest BCUT2D eigenvalue weighted by Crippen LogP contribution is 2.22. The molecule has 1 heterocycles. The molecule has 0 unspecified atom stereocenters. The number of hydrogen-bond donors (Lipinski definition) is 1. The number of aryl methyl sites for hydroxylation is 2. The van der Waals surface area contributed by atoms with Crippen molar-refractivity contribution in [2.75, 3.05) is 11.9 Å². The maximum absolute atomic E-state index is 5.81. The van der Waals surface area contributed by atoms with Crippen molar-refractivity contribution in [3.8, 4) is 11.6 Å². The molecule has 0 saturated heterocycles. The first-order chi connectivity index (χ1) is 10.2. The Kier molecular flexibility index (Phi) is 5.55. The number of hydrogen-bond acceptors (Lipinski definition) is 4. The first kappa shape index (κ1) is 15.3. The monoisotopic (exact) mass is 285 g/mol. The Morgan fingerprint density at radius 2 is 1.86 bits per heavy atom. The van der Waals surface area contributed by atoms with Crippen LogP contribution in [0.25, 0.3) is 0 Å². The molecule has 0 aliphatic rings. The molecule has 4 nitrogen and oxygen atoms in total. The molecule has 0 amide bonds. The van der Waals surface area contributed by atoms with Gasteiger partial charge < -0.3 is 10.1 Å². The maximum atomic E-state index is 5.81. The molecule has 4 heteroatoms. The number of unbranched alkanes of at least 4 members (excludes halogenated alkanes) is 1. The third kappa shape index (κ3) is 4.74. The molecule has 112 valence electrons. The van der Waals surface area contributed by atoms with E-state index in [1.807, 2.05) is 32.0 Å². The third-order valence-electron chi connectivity index (χ3n) is 3.13. The average molecular weight is 285 g/mol. The van der Waals surface area contributed by atoms with Gasteiger partial charge in [-0.05, 0) is 44.4 Å². The minimum absolute atomic E-state index is 0.569. The lowest BCUT2D eigenvalue weighted by Gasteiger charge is -2.09. The highest BCUT2D eigenvalue weighted by molar-refractivity contribution is 5.34. The fourth-order valence-electron chi connectivity index (χ4n) is 2.05. The number of rotatable bonds is 7. The van der Waals surface area contributed by atoms with E-state index in [-0.39, 0.29) is 0 Å². The molecule has 0 radical (unpaired) electrons. The number of nitrogens with zero attached hydrogens (tertiary/aromatic N) is 2. The van der Waals surface area contributed by atoms with Crippen molar-refractivity contribution in [3.63, 3.8) is 0 Å². The molecule has 1 aromatic carbocycles. The zero-order valence-corrected chi connectivity index (χ0v) is 13.0. The van der Waals surface area contributed by atoms with Crippen LogP contribution in [0.2, 0.25) is 0 Å². The minimum Gasteiger partial charge on any atom is -0.439 e. The summed E-state index contributed by atoms with van der Waals surface area (Å²) in [6, 6.07) is 10.1. The summed E-state index contributed by atoms with van der Waals surface area (Å²) in [5, 5.41) is 3.10. The van der Waals surface area contributed by atoms with Gasteiger partial charge in [0.1, 0.15) is 5.75 Å². The third-order valence-corrected chi connectivity index (χ3v) is 3.13. The van der Waals surface area contributed by atoms with Gasteiger partial charge in [-0.1, -0.05) is 25.5 Å². The molecule has 2 aromatic rings. The van der Waals surface area contributed by atoms with Gasteiger partial charge >= 0.3 is 0 Å². The second-order valence-electron chi connectivity index (χ2n) is 5.05.